The molecule has 17 heavy (non-hydrogen) atoms. The van der Waals surface area contributed by atoms with E-state index in [0.29, 0.717) is 0 Å². The van der Waals surface area contributed by atoms with Crippen molar-refractivity contribution in [3.05, 3.63) is 16.2 Å². The Morgan fingerprint density at radius 1 is 1.35 bits per heavy atom. The normalized spacial score (nSPS) is 11.1. The van der Waals surface area contributed by atoms with E-state index in [1.54, 1.807) is 0 Å². The average Bonchev–Trinajstić information content (AvgIpc) is 2.19. The van der Waals surface area contributed by atoms with E-state index in [0.717, 1.165) is 6.07 Å². The van der Waals surface area contributed by atoms with Crippen LogP contribution in [-0.4, -0.2) is 33.4 Å². The van der Waals surface area contributed by atoms with Crippen LogP contribution >= 0.6 is 15.9 Å². The van der Waals surface area contributed by atoms with Crippen molar-refractivity contribution < 1.29 is 27.9 Å². The number of carbonyl (C=O) groups excluding carboxylic acids is 1. The van der Waals surface area contributed by atoms with E-state index in [2.05, 4.69) is 26.1 Å². The number of rotatable bonds is 2. The Bertz CT molecular complexity index is 477. The van der Waals surface area contributed by atoms with Crippen molar-refractivity contribution in [1.82, 2.24) is 10.2 Å². The molecular weight excluding hydrogens is 311 g/mol. The quantitative estimate of drug-likeness (QED) is 0.862. The molecule has 10 heteroatoms. The molecule has 0 atom stereocenters. The maximum atomic E-state index is 11.9. The minimum atomic E-state index is -5.06. The summed E-state index contributed by atoms with van der Waals surface area (Å²) in [6.07, 6.45) is -5.06. The van der Waals surface area contributed by atoms with Crippen molar-refractivity contribution in [2.75, 3.05) is 5.32 Å². The summed E-state index contributed by atoms with van der Waals surface area (Å²) in [5, 5.41) is 16.2. The molecule has 1 amide bonds. The second kappa shape index (κ2) is 4.65. The molecule has 2 N–H and O–H groups in total. The van der Waals surface area contributed by atoms with Crippen molar-refractivity contribution in [1.29, 1.82) is 0 Å². The number of hydrogen-bond acceptors (Lipinski definition) is 4. The minimum Gasteiger partial charge on any atom is -0.476 e. The van der Waals surface area contributed by atoms with E-state index in [-0.39, 0.29) is 4.47 Å². The number of alkyl halides is 3. The highest BCUT2D eigenvalue weighted by Crippen LogP contribution is 2.22. The van der Waals surface area contributed by atoms with Crippen LogP contribution in [-0.2, 0) is 4.79 Å². The number of nitrogens with zero attached hydrogens (tertiary/aromatic N) is 2. The van der Waals surface area contributed by atoms with Crippen LogP contribution in [0.5, 0.6) is 0 Å². The van der Waals surface area contributed by atoms with Gasteiger partial charge < -0.3 is 10.4 Å². The third-order valence-electron chi connectivity index (χ3n) is 1.46. The fourth-order valence-electron chi connectivity index (χ4n) is 0.737. The van der Waals surface area contributed by atoms with Gasteiger partial charge in [0.15, 0.2) is 11.5 Å². The molecule has 0 aromatic carbocycles. The third-order valence-corrected chi connectivity index (χ3v) is 2.06. The Morgan fingerprint density at radius 3 is 2.35 bits per heavy atom. The number of aromatic carboxylic acids is 1. The van der Waals surface area contributed by atoms with Crippen molar-refractivity contribution in [3.8, 4) is 0 Å². The first-order chi connectivity index (χ1) is 7.71. The summed E-state index contributed by atoms with van der Waals surface area (Å²) >= 11 is 2.76. The summed E-state index contributed by atoms with van der Waals surface area (Å²) < 4.78 is 35.6. The SMILES string of the molecule is O=C(O)c1cc(Br)c(NC(=O)C(F)(F)F)nn1. The number of carboxylic acid groups (broad SMARTS) is 1. The minimum absolute atomic E-state index is 0.123. The molecule has 0 aliphatic heterocycles. The fourth-order valence-corrected chi connectivity index (χ4v) is 1.13. The van der Waals surface area contributed by atoms with Crippen molar-refractivity contribution in [2.24, 2.45) is 0 Å². The van der Waals surface area contributed by atoms with Gasteiger partial charge in [-0.25, -0.2) is 4.79 Å². The zero-order valence-electron chi connectivity index (χ0n) is 7.75. The first-order valence-corrected chi connectivity index (χ1v) is 4.66. The van der Waals surface area contributed by atoms with Gasteiger partial charge in [0.2, 0.25) is 0 Å². The van der Waals surface area contributed by atoms with Gasteiger partial charge in [-0.15, -0.1) is 10.2 Å². The lowest BCUT2D eigenvalue weighted by Gasteiger charge is -2.07. The fraction of sp³-hybridized carbons (Fsp3) is 0.143. The van der Waals surface area contributed by atoms with Gasteiger partial charge in [-0.05, 0) is 22.0 Å². The van der Waals surface area contributed by atoms with Crippen LogP contribution in [0.2, 0.25) is 0 Å². The first-order valence-electron chi connectivity index (χ1n) is 3.86. The summed E-state index contributed by atoms with van der Waals surface area (Å²) in [4.78, 5) is 21.0. The third kappa shape index (κ3) is 3.37. The molecule has 0 spiro atoms. The van der Waals surface area contributed by atoms with Gasteiger partial charge in [0.05, 0.1) is 4.47 Å². The second-order valence-electron chi connectivity index (χ2n) is 2.68. The van der Waals surface area contributed by atoms with Gasteiger partial charge in [0.25, 0.3) is 0 Å². The molecule has 0 saturated carbocycles. The Labute approximate surface area is 100.0 Å². The molecule has 1 aromatic rings. The first kappa shape index (κ1) is 13.4. The number of hydrogen-bond donors (Lipinski definition) is 2. The van der Waals surface area contributed by atoms with Crippen LogP contribution < -0.4 is 5.32 Å². The lowest BCUT2D eigenvalue weighted by molar-refractivity contribution is -0.167. The Hall–Kier alpha value is -1.71. The number of anilines is 1. The molecule has 1 aromatic heterocycles. The molecule has 1 rings (SSSR count). The van der Waals surface area contributed by atoms with Gasteiger partial charge in [-0.3, -0.25) is 4.79 Å². The topological polar surface area (TPSA) is 92.2 Å². The monoisotopic (exact) mass is 313 g/mol. The highest BCUT2D eigenvalue weighted by atomic mass is 79.9. The van der Waals surface area contributed by atoms with E-state index in [1.165, 1.54) is 5.32 Å². The van der Waals surface area contributed by atoms with Crippen molar-refractivity contribution in [2.45, 2.75) is 6.18 Å². The number of halogens is 4. The summed E-state index contributed by atoms with van der Waals surface area (Å²) in [5.41, 5.74) is -0.470. The predicted octanol–water partition coefficient (Wildman–Crippen LogP) is 1.44. The molecule has 0 saturated heterocycles. The molecule has 0 radical (unpaired) electrons. The second-order valence-corrected chi connectivity index (χ2v) is 3.54. The number of aromatic nitrogens is 2. The van der Waals surface area contributed by atoms with E-state index in [1.807, 2.05) is 0 Å². The van der Waals surface area contributed by atoms with Gasteiger partial charge in [0, 0.05) is 0 Å². The molecule has 0 fully saturated rings. The average molecular weight is 314 g/mol. The smallest absolute Gasteiger partial charge is 0.471 e. The summed E-state index contributed by atoms with van der Waals surface area (Å²) in [6.45, 7) is 0. The Kier molecular flexibility index (Phi) is 3.66. The number of amides is 1. The van der Waals surface area contributed by atoms with Crippen LogP contribution in [0, 0.1) is 0 Å². The van der Waals surface area contributed by atoms with Crippen molar-refractivity contribution >= 4 is 33.6 Å². The molecule has 92 valence electrons. The Balaban J connectivity index is 2.95. The van der Waals surface area contributed by atoms with Crippen LogP contribution in [0.25, 0.3) is 0 Å². The summed E-state index contributed by atoms with van der Waals surface area (Å²) in [5.74, 6) is -4.14. The molecule has 0 aliphatic carbocycles. The van der Waals surface area contributed by atoms with Crippen LogP contribution in [0.4, 0.5) is 19.0 Å². The van der Waals surface area contributed by atoms with Gasteiger partial charge in [-0.2, -0.15) is 13.2 Å². The van der Waals surface area contributed by atoms with Crippen LogP contribution in [0.15, 0.2) is 10.5 Å². The van der Waals surface area contributed by atoms with Crippen LogP contribution in [0.3, 0.4) is 0 Å². The zero-order chi connectivity index (χ0) is 13.2. The standard InChI is InChI=1S/C7H3BrF3N3O3/c8-2-1-3(5(15)16)13-14-4(2)12-6(17)7(9,10)11/h1H,(H,15,16)(H,12,14,17). The Morgan fingerprint density at radius 2 is 1.94 bits per heavy atom. The number of carbonyl (C=O) groups is 2. The molecule has 1 heterocycles. The van der Waals surface area contributed by atoms with Gasteiger partial charge in [-0.1, -0.05) is 0 Å². The van der Waals surface area contributed by atoms with Crippen molar-refractivity contribution in [3.63, 3.8) is 0 Å². The van der Waals surface area contributed by atoms with E-state index < -0.39 is 29.6 Å². The molecule has 0 aliphatic rings. The largest absolute Gasteiger partial charge is 0.476 e. The van der Waals surface area contributed by atoms with Gasteiger partial charge in [0.1, 0.15) is 0 Å². The lowest BCUT2D eigenvalue weighted by atomic mass is 10.4. The number of nitrogens with one attached hydrogen (secondary N) is 1. The van der Waals surface area contributed by atoms with Gasteiger partial charge >= 0.3 is 18.1 Å². The maximum absolute atomic E-state index is 11.9. The molecule has 0 unspecified atom stereocenters. The number of carboxylic acids is 1. The molecular formula is C7H3BrF3N3O3. The van der Waals surface area contributed by atoms with E-state index in [4.69, 9.17) is 5.11 Å². The van der Waals surface area contributed by atoms with E-state index >= 15 is 0 Å². The molecule has 0 bridgehead atoms. The zero-order valence-corrected chi connectivity index (χ0v) is 9.33. The summed E-state index contributed by atoms with van der Waals surface area (Å²) in [6, 6.07) is 0.918. The van der Waals surface area contributed by atoms with E-state index in [9.17, 15) is 22.8 Å². The highest BCUT2D eigenvalue weighted by molar-refractivity contribution is 9.10. The van der Waals surface area contributed by atoms with Crippen LogP contribution in [0.1, 0.15) is 10.5 Å². The highest BCUT2D eigenvalue weighted by Gasteiger charge is 2.39. The lowest BCUT2D eigenvalue weighted by Crippen LogP contribution is -2.30. The predicted molar refractivity (Wildman–Crippen MR) is 51.4 cm³/mol. The molecule has 6 nitrogen and oxygen atoms in total. The summed E-state index contributed by atoms with van der Waals surface area (Å²) in [7, 11) is 0. The maximum Gasteiger partial charge on any atom is 0.471 e.